The zero-order valence-electron chi connectivity index (χ0n) is 5.36. The van der Waals surface area contributed by atoms with Crippen LogP contribution in [0.2, 0.25) is 0 Å². The van der Waals surface area contributed by atoms with Gasteiger partial charge in [-0.2, -0.15) is 0 Å². The van der Waals surface area contributed by atoms with E-state index in [0.29, 0.717) is 6.42 Å². The summed E-state index contributed by atoms with van der Waals surface area (Å²) in [5.41, 5.74) is 0. The van der Waals surface area contributed by atoms with Crippen LogP contribution in [0.5, 0.6) is 0 Å². The van der Waals surface area contributed by atoms with Gasteiger partial charge in [0, 0.05) is 5.92 Å². The number of carbonyl (C=O) groups is 1. The van der Waals surface area contributed by atoms with Gasteiger partial charge in [-0.25, -0.2) is 0 Å². The third-order valence-corrected chi connectivity index (χ3v) is 1.58. The summed E-state index contributed by atoms with van der Waals surface area (Å²) in [5, 5.41) is -0.421. The van der Waals surface area contributed by atoms with Crippen LogP contribution in [0.4, 0.5) is 4.39 Å². The molecule has 0 saturated carbocycles. The van der Waals surface area contributed by atoms with Gasteiger partial charge in [-0.05, 0) is 24.4 Å². The van der Waals surface area contributed by atoms with Crippen molar-refractivity contribution in [3.8, 4) is 0 Å². The van der Waals surface area contributed by atoms with E-state index in [1.54, 1.807) is 0 Å². The number of hydrogen-bond donors (Lipinski definition) is 0. The molecule has 1 atom stereocenters. The standard InChI is InChI=1S/C6H10ClFO/c1-2-5(3-4-8)6(7)9/h5H,2-4H2,1H3. The Balaban J connectivity index is 3.54. The van der Waals surface area contributed by atoms with Crippen molar-refractivity contribution in [2.45, 2.75) is 19.8 Å². The van der Waals surface area contributed by atoms with Gasteiger partial charge in [-0.1, -0.05) is 6.92 Å². The van der Waals surface area contributed by atoms with Gasteiger partial charge in [0.1, 0.15) is 0 Å². The van der Waals surface area contributed by atoms with Crippen molar-refractivity contribution in [3.63, 3.8) is 0 Å². The molecule has 0 aliphatic heterocycles. The van der Waals surface area contributed by atoms with Crippen molar-refractivity contribution in [3.05, 3.63) is 0 Å². The lowest BCUT2D eigenvalue weighted by Crippen LogP contribution is -2.07. The zero-order valence-corrected chi connectivity index (χ0v) is 6.12. The van der Waals surface area contributed by atoms with Crippen LogP contribution < -0.4 is 0 Å². The molecule has 0 N–H and O–H groups in total. The third-order valence-electron chi connectivity index (χ3n) is 1.27. The molecule has 0 aromatic carbocycles. The summed E-state index contributed by atoms with van der Waals surface area (Å²) in [6.07, 6.45) is 0.894. The van der Waals surface area contributed by atoms with Gasteiger partial charge in [0.25, 0.3) is 0 Å². The van der Waals surface area contributed by atoms with Gasteiger partial charge in [0.2, 0.25) is 5.24 Å². The monoisotopic (exact) mass is 152 g/mol. The van der Waals surface area contributed by atoms with Crippen molar-refractivity contribution in [1.29, 1.82) is 0 Å². The summed E-state index contributed by atoms with van der Waals surface area (Å²) < 4.78 is 11.6. The molecule has 0 aliphatic carbocycles. The summed E-state index contributed by atoms with van der Waals surface area (Å²) in [5.74, 6) is -0.281. The number of alkyl halides is 1. The first-order valence-electron chi connectivity index (χ1n) is 2.97. The highest BCUT2D eigenvalue weighted by atomic mass is 35.5. The Labute approximate surface area is 59.2 Å². The van der Waals surface area contributed by atoms with Crippen LogP contribution in [0, 0.1) is 5.92 Å². The Hall–Kier alpha value is -0.110. The predicted octanol–water partition coefficient (Wildman–Crippen LogP) is 2.14. The minimum Gasteiger partial charge on any atom is -0.281 e. The topological polar surface area (TPSA) is 17.1 Å². The Morgan fingerprint density at radius 1 is 1.78 bits per heavy atom. The molecule has 0 fully saturated rings. The second-order valence-corrected chi connectivity index (χ2v) is 2.26. The summed E-state index contributed by atoms with van der Waals surface area (Å²) in [4.78, 5) is 10.4. The first-order chi connectivity index (χ1) is 4.22. The van der Waals surface area contributed by atoms with E-state index in [1.165, 1.54) is 0 Å². The fraction of sp³-hybridized carbons (Fsp3) is 0.833. The van der Waals surface area contributed by atoms with E-state index in [2.05, 4.69) is 0 Å². The number of rotatable bonds is 4. The summed E-state index contributed by atoms with van der Waals surface area (Å²) >= 11 is 5.12. The van der Waals surface area contributed by atoms with Crippen LogP contribution in [-0.4, -0.2) is 11.9 Å². The van der Waals surface area contributed by atoms with Crippen molar-refractivity contribution < 1.29 is 9.18 Å². The second-order valence-electron chi connectivity index (χ2n) is 1.89. The maximum atomic E-state index is 11.6. The van der Waals surface area contributed by atoms with Crippen LogP contribution >= 0.6 is 11.6 Å². The third kappa shape index (κ3) is 3.46. The van der Waals surface area contributed by atoms with Crippen molar-refractivity contribution in [2.75, 3.05) is 6.67 Å². The van der Waals surface area contributed by atoms with Gasteiger partial charge in [-0.15, -0.1) is 0 Å². The van der Waals surface area contributed by atoms with Crippen LogP contribution in [0.3, 0.4) is 0 Å². The minimum absolute atomic E-state index is 0.263. The lowest BCUT2D eigenvalue weighted by Gasteiger charge is -2.04. The SMILES string of the molecule is CCC(CCF)C(=O)Cl. The molecule has 0 radical (unpaired) electrons. The summed E-state index contributed by atoms with van der Waals surface area (Å²) in [6, 6.07) is 0. The number of hydrogen-bond acceptors (Lipinski definition) is 1. The van der Waals surface area contributed by atoms with Gasteiger partial charge < -0.3 is 0 Å². The molecule has 0 bridgehead atoms. The molecule has 54 valence electrons. The van der Waals surface area contributed by atoms with Crippen molar-refractivity contribution in [2.24, 2.45) is 5.92 Å². The number of halogens is 2. The summed E-state index contributed by atoms with van der Waals surface area (Å²) in [7, 11) is 0. The first kappa shape index (κ1) is 8.89. The molecule has 0 aromatic heterocycles. The molecule has 1 nitrogen and oxygen atoms in total. The molecule has 0 aromatic rings. The first-order valence-corrected chi connectivity index (χ1v) is 3.35. The molecule has 0 aliphatic rings. The smallest absolute Gasteiger partial charge is 0.224 e. The maximum Gasteiger partial charge on any atom is 0.224 e. The molecule has 0 amide bonds. The maximum absolute atomic E-state index is 11.6. The fourth-order valence-corrected chi connectivity index (χ4v) is 0.873. The largest absolute Gasteiger partial charge is 0.281 e. The van der Waals surface area contributed by atoms with Crippen LogP contribution in [0.25, 0.3) is 0 Å². The molecule has 9 heavy (non-hydrogen) atoms. The van der Waals surface area contributed by atoms with Gasteiger partial charge in [0.15, 0.2) is 0 Å². The van der Waals surface area contributed by atoms with E-state index in [0.717, 1.165) is 0 Å². The zero-order chi connectivity index (χ0) is 7.28. The minimum atomic E-state index is -0.461. The lowest BCUT2D eigenvalue weighted by molar-refractivity contribution is -0.115. The van der Waals surface area contributed by atoms with Crippen LogP contribution in [0.1, 0.15) is 19.8 Å². The van der Waals surface area contributed by atoms with E-state index in [4.69, 9.17) is 11.6 Å². The van der Waals surface area contributed by atoms with Gasteiger partial charge in [0.05, 0.1) is 6.67 Å². The van der Waals surface area contributed by atoms with Gasteiger partial charge in [-0.3, -0.25) is 9.18 Å². The van der Waals surface area contributed by atoms with Crippen molar-refractivity contribution >= 4 is 16.8 Å². The van der Waals surface area contributed by atoms with E-state index in [1.807, 2.05) is 6.92 Å². The molecule has 1 unspecified atom stereocenters. The molecule has 0 heterocycles. The summed E-state index contributed by atoms with van der Waals surface area (Å²) in [6.45, 7) is 1.36. The van der Waals surface area contributed by atoms with Gasteiger partial charge >= 0.3 is 0 Å². The van der Waals surface area contributed by atoms with E-state index in [9.17, 15) is 9.18 Å². The average molecular weight is 153 g/mol. The van der Waals surface area contributed by atoms with E-state index in [-0.39, 0.29) is 12.3 Å². The second kappa shape index (κ2) is 4.74. The highest BCUT2D eigenvalue weighted by Crippen LogP contribution is 2.11. The molecular formula is C6H10ClFO. The van der Waals surface area contributed by atoms with E-state index < -0.39 is 11.9 Å². The average Bonchev–Trinajstić information content (AvgIpc) is 1.82. The number of carbonyl (C=O) groups excluding carboxylic acids is 1. The predicted molar refractivity (Wildman–Crippen MR) is 35.2 cm³/mol. The van der Waals surface area contributed by atoms with Crippen LogP contribution in [-0.2, 0) is 4.79 Å². The molecule has 3 heteroatoms. The highest BCUT2D eigenvalue weighted by Gasteiger charge is 2.12. The van der Waals surface area contributed by atoms with Crippen molar-refractivity contribution in [1.82, 2.24) is 0 Å². The fourth-order valence-electron chi connectivity index (χ4n) is 0.610. The lowest BCUT2D eigenvalue weighted by atomic mass is 10.1. The molecule has 0 saturated heterocycles. The Kier molecular flexibility index (Phi) is 4.68. The Morgan fingerprint density at radius 2 is 2.33 bits per heavy atom. The Morgan fingerprint density at radius 3 is 2.44 bits per heavy atom. The van der Waals surface area contributed by atoms with E-state index >= 15 is 0 Å². The normalized spacial score (nSPS) is 13.2. The highest BCUT2D eigenvalue weighted by molar-refractivity contribution is 6.63. The quantitative estimate of drug-likeness (QED) is 0.564. The molecular weight excluding hydrogens is 143 g/mol. The Bertz CT molecular complexity index is 95.1. The molecule has 0 rings (SSSR count). The van der Waals surface area contributed by atoms with Crippen LogP contribution in [0.15, 0.2) is 0 Å². The molecule has 0 spiro atoms.